The number of carbonyl (C=O) groups is 1. The Morgan fingerprint density at radius 1 is 1.33 bits per heavy atom. The number of hydrogen-bond acceptors (Lipinski definition) is 4. The van der Waals surface area contributed by atoms with Gasteiger partial charge in [0.05, 0.1) is 16.5 Å². The number of halogens is 3. The zero-order valence-electron chi connectivity index (χ0n) is 12.6. The molecule has 128 valence electrons. The van der Waals surface area contributed by atoms with E-state index in [2.05, 4.69) is 15.3 Å². The third-order valence-electron chi connectivity index (χ3n) is 3.06. The molecule has 0 bridgehead atoms. The van der Waals surface area contributed by atoms with E-state index in [0.29, 0.717) is 6.42 Å². The number of carbonyl (C=O) groups excluding carboxylic acids is 1. The largest absolute Gasteiger partial charge is 0.418 e. The highest BCUT2D eigenvalue weighted by Crippen LogP contribution is 2.35. The van der Waals surface area contributed by atoms with E-state index in [1.807, 2.05) is 0 Å². The number of anilines is 1. The number of rotatable bonds is 5. The van der Waals surface area contributed by atoms with Crippen LogP contribution < -0.4 is 10.9 Å². The van der Waals surface area contributed by atoms with Crippen molar-refractivity contribution in [3.8, 4) is 0 Å². The van der Waals surface area contributed by atoms with Crippen molar-refractivity contribution >= 4 is 23.4 Å². The number of para-hydroxylation sites is 1. The Morgan fingerprint density at radius 3 is 2.67 bits per heavy atom. The molecule has 2 N–H and O–H groups in total. The average molecular weight is 357 g/mol. The maximum absolute atomic E-state index is 13.0. The zero-order chi connectivity index (χ0) is 17.7. The summed E-state index contributed by atoms with van der Waals surface area (Å²) in [6.45, 7) is 1.72. The fourth-order valence-corrected chi connectivity index (χ4v) is 2.80. The predicted molar refractivity (Wildman–Crippen MR) is 84.9 cm³/mol. The van der Waals surface area contributed by atoms with Crippen LogP contribution in [-0.4, -0.2) is 21.1 Å². The summed E-state index contributed by atoms with van der Waals surface area (Å²) in [7, 11) is 0. The molecule has 2 rings (SSSR count). The van der Waals surface area contributed by atoms with Crippen LogP contribution in [0.3, 0.4) is 0 Å². The van der Waals surface area contributed by atoms with E-state index in [-0.39, 0.29) is 16.4 Å². The highest BCUT2D eigenvalue weighted by molar-refractivity contribution is 8.00. The second kappa shape index (κ2) is 7.52. The Kier molecular flexibility index (Phi) is 5.66. The van der Waals surface area contributed by atoms with Gasteiger partial charge in [-0.1, -0.05) is 30.8 Å². The molecule has 1 heterocycles. The van der Waals surface area contributed by atoms with Gasteiger partial charge in [0, 0.05) is 12.3 Å². The van der Waals surface area contributed by atoms with Crippen molar-refractivity contribution in [3.05, 3.63) is 52.4 Å². The van der Waals surface area contributed by atoms with E-state index < -0.39 is 22.9 Å². The van der Waals surface area contributed by atoms with Crippen molar-refractivity contribution in [1.29, 1.82) is 0 Å². The second-order valence-corrected chi connectivity index (χ2v) is 5.98. The van der Waals surface area contributed by atoms with Crippen LogP contribution in [0.2, 0.25) is 0 Å². The van der Waals surface area contributed by atoms with Gasteiger partial charge in [0.15, 0.2) is 5.16 Å². The second-order valence-electron chi connectivity index (χ2n) is 4.79. The van der Waals surface area contributed by atoms with Crippen LogP contribution in [-0.2, 0) is 11.0 Å². The van der Waals surface area contributed by atoms with E-state index in [1.165, 1.54) is 30.5 Å². The highest BCUT2D eigenvalue weighted by atomic mass is 32.2. The van der Waals surface area contributed by atoms with Crippen LogP contribution in [0.1, 0.15) is 18.9 Å². The van der Waals surface area contributed by atoms with Gasteiger partial charge >= 0.3 is 6.18 Å². The van der Waals surface area contributed by atoms with E-state index in [9.17, 15) is 22.8 Å². The quantitative estimate of drug-likeness (QED) is 0.636. The lowest BCUT2D eigenvalue weighted by atomic mass is 10.1. The molecule has 0 aliphatic rings. The van der Waals surface area contributed by atoms with Crippen molar-refractivity contribution in [2.75, 3.05) is 5.32 Å². The van der Waals surface area contributed by atoms with Gasteiger partial charge in [0.2, 0.25) is 5.91 Å². The summed E-state index contributed by atoms with van der Waals surface area (Å²) in [5.74, 6) is -0.592. The first-order chi connectivity index (χ1) is 11.3. The molecule has 0 saturated carbocycles. The molecule has 0 spiro atoms. The number of nitrogens with one attached hydrogen (secondary N) is 2. The van der Waals surface area contributed by atoms with Crippen LogP contribution in [0.15, 0.2) is 46.5 Å². The van der Waals surface area contributed by atoms with Gasteiger partial charge in [-0.3, -0.25) is 9.59 Å². The maximum Gasteiger partial charge on any atom is 0.418 e. The fourth-order valence-electron chi connectivity index (χ4n) is 1.92. The molecule has 0 fully saturated rings. The molecule has 0 aliphatic heterocycles. The fraction of sp³-hybridized carbons (Fsp3) is 0.267. The highest BCUT2D eigenvalue weighted by Gasteiger charge is 2.34. The first-order valence-electron chi connectivity index (χ1n) is 7.00. The van der Waals surface area contributed by atoms with Crippen molar-refractivity contribution in [2.45, 2.75) is 29.9 Å². The van der Waals surface area contributed by atoms with Gasteiger partial charge < -0.3 is 10.3 Å². The standard InChI is InChI=1S/C15H14F3N3O2S/c1-2-11(24-14-19-8-7-12(22)21-14)13(23)20-10-6-4-3-5-9(10)15(16,17)18/h3-8,11H,2H2,1H3,(H,20,23)(H,19,21,22). The lowest BCUT2D eigenvalue weighted by Gasteiger charge is -2.17. The van der Waals surface area contributed by atoms with Crippen molar-refractivity contribution in [3.63, 3.8) is 0 Å². The van der Waals surface area contributed by atoms with Gasteiger partial charge in [-0.15, -0.1) is 0 Å². The van der Waals surface area contributed by atoms with Gasteiger partial charge in [-0.05, 0) is 18.6 Å². The first kappa shape index (κ1) is 18.1. The third-order valence-corrected chi connectivity index (χ3v) is 4.32. The number of aromatic amines is 1. The minimum atomic E-state index is -4.56. The van der Waals surface area contributed by atoms with Crippen molar-refractivity contribution < 1.29 is 18.0 Å². The third kappa shape index (κ3) is 4.60. The number of amides is 1. The molecule has 1 aromatic carbocycles. The monoisotopic (exact) mass is 357 g/mol. The summed E-state index contributed by atoms with van der Waals surface area (Å²) >= 11 is 0.984. The predicted octanol–water partition coefficient (Wildman–Crippen LogP) is 3.30. The van der Waals surface area contributed by atoms with E-state index >= 15 is 0 Å². The zero-order valence-corrected chi connectivity index (χ0v) is 13.4. The maximum atomic E-state index is 13.0. The molecule has 1 unspecified atom stereocenters. The molecule has 5 nitrogen and oxygen atoms in total. The van der Waals surface area contributed by atoms with E-state index in [1.54, 1.807) is 6.92 Å². The molecule has 24 heavy (non-hydrogen) atoms. The summed E-state index contributed by atoms with van der Waals surface area (Å²) in [5, 5.41) is 1.84. The summed E-state index contributed by atoms with van der Waals surface area (Å²) in [6, 6.07) is 5.99. The summed E-state index contributed by atoms with van der Waals surface area (Å²) in [5.41, 5.74) is -1.59. The Hall–Kier alpha value is -2.29. The molecule has 0 aliphatic carbocycles. The Bertz CT molecular complexity index is 777. The lowest BCUT2D eigenvalue weighted by molar-refractivity contribution is -0.137. The summed E-state index contributed by atoms with van der Waals surface area (Å²) in [6.07, 6.45) is -2.92. The Morgan fingerprint density at radius 2 is 2.04 bits per heavy atom. The number of benzene rings is 1. The Balaban J connectivity index is 2.17. The molecule has 1 atom stereocenters. The SMILES string of the molecule is CCC(Sc1nccc(=O)[nH]1)C(=O)Nc1ccccc1C(F)(F)F. The van der Waals surface area contributed by atoms with E-state index in [0.717, 1.165) is 17.8 Å². The minimum Gasteiger partial charge on any atom is -0.325 e. The van der Waals surface area contributed by atoms with Gasteiger partial charge in [0.25, 0.3) is 5.56 Å². The summed E-state index contributed by atoms with van der Waals surface area (Å²) in [4.78, 5) is 29.9. The minimum absolute atomic E-state index is 0.230. The van der Waals surface area contributed by atoms with E-state index in [4.69, 9.17) is 0 Å². The molecule has 1 aromatic heterocycles. The van der Waals surface area contributed by atoms with Crippen LogP contribution in [0.4, 0.5) is 18.9 Å². The normalized spacial score (nSPS) is 12.7. The number of nitrogens with zero attached hydrogens (tertiary/aromatic N) is 1. The molecule has 2 aromatic rings. The van der Waals surface area contributed by atoms with Crippen LogP contribution >= 0.6 is 11.8 Å². The Labute approximate surface area is 139 Å². The van der Waals surface area contributed by atoms with Crippen LogP contribution in [0.5, 0.6) is 0 Å². The number of hydrogen-bond donors (Lipinski definition) is 2. The van der Waals surface area contributed by atoms with Crippen molar-refractivity contribution in [2.24, 2.45) is 0 Å². The van der Waals surface area contributed by atoms with Gasteiger partial charge in [-0.2, -0.15) is 13.2 Å². The number of aromatic nitrogens is 2. The van der Waals surface area contributed by atoms with Crippen LogP contribution in [0.25, 0.3) is 0 Å². The topological polar surface area (TPSA) is 74.8 Å². The molecule has 0 saturated heterocycles. The molecular formula is C15H14F3N3O2S. The molecular weight excluding hydrogens is 343 g/mol. The smallest absolute Gasteiger partial charge is 0.325 e. The number of alkyl halides is 3. The van der Waals surface area contributed by atoms with Gasteiger partial charge in [-0.25, -0.2) is 4.98 Å². The number of thioether (sulfide) groups is 1. The van der Waals surface area contributed by atoms with Crippen LogP contribution in [0, 0.1) is 0 Å². The molecule has 1 amide bonds. The number of H-pyrrole nitrogens is 1. The lowest BCUT2D eigenvalue weighted by Crippen LogP contribution is -2.26. The summed E-state index contributed by atoms with van der Waals surface area (Å²) < 4.78 is 38.9. The molecule has 9 heteroatoms. The molecule has 0 radical (unpaired) electrons. The van der Waals surface area contributed by atoms with Gasteiger partial charge in [0.1, 0.15) is 0 Å². The average Bonchev–Trinajstić information content (AvgIpc) is 2.52. The first-order valence-corrected chi connectivity index (χ1v) is 7.88. The van der Waals surface area contributed by atoms with Crippen molar-refractivity contribution in [1.82, 2.24) is 9.97 Å².